The summed E-state index contributed by atoms with van der Waals surface area (Å²) in [5, 5.41) is 0. The maximum Gasteiger partial charge on any atom is 0.305 e. The number of esters is 1. The van der Waals surface area contributed by atoms with Gasteiger partial charge in [-0.25, -0.2) is 0 Å². The van der Waals surface area contributed by atoms with Crippen LogP contribution in [0.3, 0.4) is 0 Å². The molecule has 6 heteroatoms. The van der Waals surface area contributed by atoms with Crippen molar-refractivity contribution in [1.29, 1.82) is 0 Å². The molecule has 3 unspecified atom stereocenters. The van der Waals surface area contributed by atoms with E-state index >= 15 is 0 Å². The van der Waals surface area contributed by atoms with Crippen molar-refractivity contribution < 1.29 is 18.4 Å². The summed E-state index contributed by atoms with van der Waals surface area (Å²) in [6, 6.07) is 0. The molecular weight excluding hydrogens is 493 g/mol. The molecule has 212 valence electrons. The van der Waals surface area contributed by atoms with Crippen LogP contribution in [-0.2, 0) is 18.4 Å². The highest BCUT2D eigenvalue weighted by Crippen LogP contribution is 2.68. The number of carbonyl (C=O) groups is 1. The van der Waals surface area contributed by atoms with Crippen molar-refractivity contribution >= 4 is 22.6 Å². The van der Waals surface area contributed by atoms with Gasteiger partial charge in [0.05, 0.1) is 13.2 Å². The van der Waals surface area contributed by atoms with E-state index in [9.17, 15) is 4.79 Å². The molecule has 0 aliphatic heterocycles. The minimum Gasteiger partial charge on any atom is -0.469 e. The number of methoxy groups -OCH3 is 1. The van der Waals surface area contributed by atoms with Crippen LogP contribution in [0.5, 0.6) is 0 Å². The number of carbonyl (C=O) groups excluding carboxylic acids is 1. The molecule has 0 amide bonds. The number of fused-ring (bicyclic) bond motifs is 5. The first-order valence-electron chi connectivity index (χ1n) is 15.2. The lowest BCUT2D eigenvalue weighted by Gasteiger charge is -2.61. The van der Waals surface area contributed by atoms with E-state index in [4.69, 9.17) is 13.6 Å². The molecule has 0 saturated heterocycles. The summed E-state index contributed by atoms with van der Waals surface area (Å²) in [5.74, 6) is 3.23. The Morgan fingerprint density at radius 3 is 2.32 bits per heavy atom. The molecule has 4 aliphatic rings. The van der Waals surface area contributed by atoms with Crippen LogP contribution in [0.2, 0.25) is 39.3 Å². The lowest BCUT2D eigenvalue weighted by Crippen LogP contribution is -2.59. The Hall–Kier alpha value is -0.436. The second kappa shape index (κ2) is 10.5. The minimum absolute atomic E-state index is 0.0725. The highest BCUT2D eigenvalue weighted by molar-refractivity contribution is 6.70. The van der Waals surface area contributed by atoms with Crippen molar-refractivity contribution in [3.8, 4) is 0 Å². The van der Waals surface area contributed by atoms with Gasteiger partial charge in [0.2, 0.25) is 0 Å². The van der Waals surface area contributed by atoms with Crippen LogP contribution >= 0.6 is 0 Å². The molecule has 4 rings (SSSR count). The third-order valence-corrected chi connectivity index (χ3v) is 13.0. The Bertz CT molecular complexity index is 873. The maximum atomic E-state index is 11.9. The number of allylic oxidation sites excluding steroid dienone is 1. The molecule has 0 aromatic carbocycles. The van der Waals surface area contributed by atoms with E-state index < -0.39 is 16.6 Å². The van der Waals surface area contributed by atoms with Crippen LogP contribution in [0.15, 0.2) is 11.6 Å². The van der Waals surface area contributed by atoms with E-state index in [1.165, 1.54) is 45.6 Å². The predicted octanol–water partition coefficient (Wildman–Crippen LogP) is 8.20. The van der Waals surface area contributed by atoms with Gasteiger partial charge in [0.15, 0.2) is 16.6 Å². The molecule has 0 radical (unpaired) electrons. The third-order valence-electron chi connectivity index (χ3n) is 10.9. The second-order valence-corrected chi connectivity index (χ2v) is 24.4. The van der Waals surface area contributed by atoms with Crippen LogP contribution in [0.4, 0.5) is 0 Å². The van der Waals surface area contributed by atoms with Gasteiger partial charge in [0.1, 0.15) is 0 Å². The Kier molecular flexibility index (Phi) is 8.40. The molecular formula is C31H56O4Si2. The molecule has 0 spiro atoms. The van der Waals surface area contributed by atoms with E-state index in [0.29, 0.717) is 47.7 Å². The molecule has 0 aromatic rings. The molecule has 3 saturated carbocycles. The van der Waals surface area contributed by atoms with E-state index in [1.807, 2.05) is 0 Å². The van der Waals surface area contributed by atoms with Gasteiger partial charge in [-0.15, -0.1) is 0 Å². The van der Waals surface area contributed by atoms with Crippen molar-refractivity contribution in [2.24, 2.45) is 40.4 Å². The first-order chi connectivity index (χ1) is 17.1. The molecule has 0 heterocycles. The molecule has 3 fully saturated rings. The fourth-order valence-electron chi connectivity index (χ4n) is 9.38. The average molecular weight is 549 g/mol. The van der Waals surface area contributed by atoms with Gasteiger partial charge in [-0.3, -0.25) is 4.79 Å². The summed E-state index contributed by atoms with van der Waals surface area (Å²) in [6.45, 7) is 21.7. The number of ether oxygens (including phenoxy) is 1. The molecule has 9 atom stereocenters. The molecule has 37 heavy (non-hydrogen) atoms. The summed E-state index contributed by atoms with van der Waals surface area (Å²) < 4.78 is 18.8. The number of hydrogen-bond acceptors (Lipinski definition) is 4. The smallest absolute Gasteiger partial charge is 0.305 e. The molecule has 0 bridgehead atoms. The zero-order chi connectivity index (χ0) is 27.4. The van der Waals surface area contributed by atoms with Crippen LogP contribution in [0, 0.1) is 40.4 Å². The third kappa shape index (κ3) is 5.88. The second-order valence-electron chi connectivity index (χ2n) is 15.5. The Labute approximate surface area is 229 Å². The van der Waals surface area contributed by atoms with E-state index in [1.54, 1.807) is 5.57 Å². The SMILES string of the molecule is COC(=O)CC[C@@H](C)[C@H]1CCC2C3CC=C4C[C@@H](O[Si](C)(C)C)CC[C@]4(C)C3C[C@H](O[Si](C)(C)C)[C@@]21C. The van der Waals surface area contributed by atoms with Gasteiger partial charge in [-0.2, -0.15) is 0 Å². The predicted molar refractivity (Wildman–Crippen MR) is 157 cm³/mol. The van der Waals surface area contributed by atoms with Gasteiger partial charge in [-0.1, -0.05) is 32.4 Å². The summed E-state index contributed by atoms with van der Waals surface area (Å²) in [7, 11) is -1.75. The fourth-order valence-corrected chi connectivity index (χ4v) is 11.8. The molecule has 0 aromatic heterocycles. The summed E-state index contributed by atoms with van der Waals surface area (Å²) in [6.07, 6.45) is 13.5. The number of rotatable bonds is 8. The highest BCUT2D eigenvalue weighted by Gasteiger charge is 2.63. The average Bonchev–Trinajstić information content (AvgIpc) is 3.14. The molecule has 4 nitrogen and oxygen atoms in total. The first kappa shape index (κ1) is 29.5. The van der Waals surface area contributed by atoms with Crippen LogP contribution in [0.1, 0.15) is 78.6 Å². The maximum absolute atomic E-state index is 11.9. The summed E-state index contributed by atoms with van der Waals surface area (Å²) in [4.78, 5) is 11.9. The topological polar surface area (TPSA) is 44.8 Å². The zero-order valence-electron chi connectivity index (χ0n) is 25.6. The number of hydrogen-bond donors (Lipinski definition) is 0. The summed E-state index contributed by atoms with van der Waals surface area (Å²) >= 11 is 0. The van der Waals surface area contributed by atoms with E-state index in [0.717, 1.165) is 18.8 Å². The standard InChI is InChI=1S/C31H56O4Si2/c1-21(11-16-29(32)33-4)25-14-15-26-24-13-12-22-19-23(34-36(5,6)7)17-18-30(22,2)27(24)20-28(31(25,26)3)35-37(8,9)10/h12,21,23-28H,11,13-20H2,1-10H3/t21-,23+,24?,25-,26?,27?,28+,30+,31-/m1/s1. The molecule has 0 N–H and O–H groups in total. The lowest BCUT2D eigenvalue weighted by molar-refractivity contribution is -0.142. The fraction of sp³-hybridized carbons (Fsp3) is 0.903. The normalized spacial score (nSPS) is 40.8. The van der Waals surface area contributed by atoms with Gasteiger partial charge in [0.25, 0.3) is 0 Å². The largest absolute Gasteiger partial charge is 0.469 e. The van der Waals surface area contributed by atoms with Crippen LogP contribution < -0.4 is 0 Å². The monoisotopic (exact) mass is 548 g/mol. The van der Waals surface area contributed by atoms with Gasteiger partial charge in [0, 0.05) is 12.5 Å². The van der Waals surface area contributed by atoms with E-state index in [-0.39, 0.29) is 11.4 Å². The molecule has 4 aliphatic carbocycles. The first-order valence-corrected chi connectivity index (χ1v) is 22.0. The minimum atomic E-state index is -1.72. The van der Waals surface area contributed by atoms with Crippen molar-refractivity contribution in [1.82, 2.24) is 0 Å². The van der Waals surface area contributed by atoms with Crippen LogP contribution in [0.25, 0.3) is 0 Å². The Balaban J connectivity index is 1.62. The van der Waals surface area contributed by atoms with Crippen LogP contribution in [-0.4, -0.2) is 41.9 Å². The summed E-state index contributed by atoms with van der Waals surface area (Å²) in [5.41, 5.74) is 2.18. The van der Waals surface area contributed by atoms with Gasteiger partial charge < -0.3 is 13.6 Å². The van der Waals surface area contributed by atoms with Crippen molar-refractivity contribution in [2.45, 2.75) is 130 Å². The zero-order valence-corrected chi connectivity index (χ0v) is 27.6. The van der Waals surface area contributed by atoms with Crippen molar-refractivity contribution in [3.63, 3.8) is 0 Å². The Morgan fingerprint density at radius 2 is 1.70 bits per heavy atom. The van der Waals surface area contributed by atoms with Gasteiger partial charge in [-0.05, 0) is 131 Å². The lowest BCUT2D eigenvalue weighted by atomic mass is 9.46. The van der Waals surface area contributed by atoms with Crippen molar-refractivity contribution in [3.05, 3.63) is 11.6 Å². The highest BCUT2D eigenvalue weighted by atomic mass is 28.4. The van der Waals surface area contributed by atoms with Crippen molar-refractivity contribution in [2.75, 3.05) is 7.11 Å². The van der Waals surface area contributed by atoms with E-state index in [2.05, 4.69) is 66.1 Å². The van der Waals surface area contributed by atoms with Gasteiger partial charge >= 0.3 is 5.97 Å². The Morgan fingerprint density at radius 1 is 1.03 bits per heavy atom. The quantitative estimate of drug-likeness (QED) is 0.174.